The van der Waals surface area contributed by atoms with Crippen LogP contribution in [0, 0.1) is 11.6 Å². The molecule has 0 fully saturated rings. The number of pyridine rings is 2. The van der Waals surface area contributed by atoms with E-state index in [4.69, 9.17) is 0 Å². The van der Waals surface area contributed by atoms with Gasteiger partial charge in [0.25, 0.3) is 0 Å². The normalized spacial score (nSPS) is 11.0. The van der Waals surface area contributed by atoms with E-state index in [2.05, 4.69) is 15.3 Å². The highest BCUT2D eigenvalue weighted by Crippen LogP contribution is 2.37. The van der Waals surface area contributed by atoms with Crippen molar-refractivity contribution in [3.63, 3.8) is 0 Å². The Morgan fingerprint density at radius 3 is 2.47 bits per heavy atom. The van der Waals surface area contributed by atoms with E-state index in [1.54, 1.807) is 48.0 Å². The van der Waals surface area contributed by atoms with Gasteiger partial charge in [-0.1, -0.05) is 18.2 Å². The maximum absolute atomic E-state index is 15.7. The number of hydrogen-bond donors (Lipinski definition) is 1. The number of halogens is 2. The second-order valence-corrected chi connectivity index (χ2v) is 7.51. The lowest BCUT2D eigenvalue weighted by atomic mass is 10.0. The summed E-state index contributed by atoms with van der Waals surface area (Å²) in [5.41, 5.74) is 3.61. The molecule has 5 aromatic rings. The summed E-state index contributed by atoms with van der Waals surface area (Å²) >= 11 is 1.60. The Morgan fingerprint density at radius 2 is 1.70 bits per heavy atom. The fourth-order valence-corrected chi connectivity index (χ4v) is 4.05. The molecule has 0 atom stereocenters. The molecule has 3 aromatic heterocycles. The first kappa shape index (κ1) is 18.4. The van der Waals surface area contributed by atoms with E-state index in [-0.39, 0.29) is 16.9 Å². The number of rotatable bonds is 4. The van der Waals surface area contributed by atoms with E-state index < -0.39 is 11.6 Å². The molecular formula is C24H15F2N3S. The summed E-state index contributed by atoms with van der Waals surface area (Å²) in [4.78, 5) is 8.47. The molecule has 6 heteroatoms. The second-order valence-electron chi connectivity index (χ2n) is 6.73. The minimum Gasteiger partial charge on any atom is -0.352 e. The molecule has 1 N–H and O–H groups in total. The highest BCUT2D eigenvalue weighted by atomic mass is 32.1. The molecule has 0 saturated carbocycles. The molecular weight excluding hydrogens is 400 g/mol. The lowest BCUT2D eigenvalue weighted by Crippen LogP contribution is -2.01. The fourth-order valence-electron chi connectivity index (χ4n) is 3.38. The number of nitrogens with zero attached hydrogens (tertiary/aromatic N) is 2. The van der Waals surface area contributed by atoms with Crippen molar-refractivity contribution in [2.45, 2.75) is 0 Å². The molecule has 0 aliphatic heterocycles. The van der Waals surface area contributed by atoms with E-state index >= 15 is 4.39 Å². The van der Waals surface area contributed by atoms with Gasteiger partial charge in [-0.25, -0.2) is 13.8 Å². The topological polar surface area (TPSA) is 37.8 Å². The molecule has 3 nitrogen and oxygen atoms in total. The Bertz CT molecular complexity index is 1340. The summed E-state index contributed by atoms with van der Waals surface area (Å²) in [6.07, 6.45) is 3.25. The summed E-state index contributed by atoms with van der Waals surface area (Å²) < 4.78 is 30.2. The minimum absolute atomic E-state index is 0.0274. The molecule has 0 aliphatic rings. The van der Waals surface area contributed by atoms with Crippen LogP contribution in [0.15, 0.2) is 83.8 Å². The van der Waals surface area contributed by atoms with Crippen LogP contribution in [-0.4, -0.2) is 9.97 Å². The zero-order valence-corrected chi connectivity index (χ0v) is 16.5. The van der Waals surface area contributed by atoms with Crippen molar-refractivity contribution in [1.82, 2.24) is 9.97 Å². The standard InChI is InChI=1S/C24H15F2N3S/c25-20-4-2-1-3-18(20)23-22(26)24(28-17-7-10-27-11-8-17)19-13-15(5-6-21(19)29-23)16-9-12-30-14-16/h1-14H,(H,27,28,29). The van der Waals surface area contributed by atoms with Crippen LogP contribution < -0.4 is 5.32 Å². The van der Waals surface area contributed by atoms with E-state index in [9.17, 15) is 4.39 Å². The third kappa shape index (κ3) is 3.31. The Hall–Kier alpha value is -3.64. The predicted octanol–water partition coefficient (Wildman–Crippen LogP) is 7.05. The summed E-state index contributed by atoms with van der Waals surface area (Å²) in [5, 5.41) is 7.79. The van der Waals surface area contributed by atoms with Gasteiger partial charge in [0.1, 0.15) is 11.5 Å². The van der Waals surface area contributed by atoms with Crippen molar-refractivity contribution in [2.75, 3.05) is 5.32 Å². The van der Waals surface area contributed by atoms with Crippen LogP contribution in [0.4, 0.5) is 20.2 Å². The Balaban J connectivity index is 1.77. The first-order chi connectivity index (χ1) is 14.7. The van der Waals surface area contributed by atoms with Crippen molar-refractivity contribution < 1.29 is 8.78 Å². The minimum atomic E-state index is -0.605. The molecule has 3 heterocycles. The number of fused-ring (bicyclic) bond motifs is 1. The zero-order valence-electron chi connectivity index (χ0n) is 15.6. The van der Waals surface area contributed by atoms with Crippen LogP contribution >= 0.6 is 11.3 Å². The number of aromatic nitrogens is 2. The van der Waals surface area contributed by atoms with Gasteiger partial charge in [-0.05, 0) is 64.4 Å². The molecule has 0 radical (unpaired) electrons. The monoisotopic (exact) mass is 415 g/mol. The smallest absolute Gasteiger partial charge is 0.173 e. The average molecular weight is 415 g/mol. The first-order valence-corrected chi connectivity index (χ1v) is 10.2. The predicted molar refractivity (Wildman–Crippen MR) is 118 cm³/mol. The summed E-state index contributed by atoms with van der Waals surface area (Å²) in [7, 11) is 0. The van der Waals surface area contributed by atoms with Crippen LogP contribution in [0.3, 0.4) is 0 Å². The molecule has 0 bridgehead atoms. The lowest BCUT2D eigenvalue weighted by molar-refractivity contribution is 0.615. The van der Waals surface area contributed by atoms with E-state index in [1.807, 2.05) is 35.0 Å². The quantitative estimate of drug-likeness (QED) is 0.342. The van der Waals surface area contributed by atoms with Gasteiger partial charge in [0.15, 0.2) is 5.82 Å². The molecule has 30 heavy (non-hydrogen) atoms. The van der Waals surface area contributed by atoms with Crippen molar-refractivity contribution in [3.05, 3.63) is 95.5 Å². The second kappa shape index (κ2) is 7.65. The van der Waals surface area contributed by atoms with Crippen molar-refractivity contribution in [2.24, 2.45) is 0 Å². The van der Waals surface area contributed by atoms with Crippen molar-refractivity contribution in [1.29, 1.82) is 0 Å². The molecule has 5 rings (SSSR count). The van der Waals surface area contributed by atoms with Gasteiger partial charge in [-0.3, -0.25) is 4.98 Å². The van der Waals surface area contributed by atoms with Crippen LogP contribution in [0.5, 0.6) is 0 Å². The molecule has 0 unspecified atom stereocenters. The van der Waals surface area contributed by atoms with Gasteiger partial charge in [-0.2, -0.15) is 11.3 Å². The lowest BCUT2D eigenvalue weighted by Gasteiger charge is -2.15. The first-order valence-electron chi connectivity index (χ1n) is 9.28. The highest BCUT2D eigenvalue weighted by molar-refractivity contribution is 7.08. The maximum Gasteiger partial charge on any atom is 0.173 e. The fraction of sp³-hybridized carbons (Fsp3) is 0. The molecule has 2 aromatic carbocycles. The summed E-state index contributed by atoms with van der Waals surface area (Å²) in [6.45, 7) is 0. The summed E-state index contributed by atoms with van der Waals surface area (Å²) in [5.74, 6) is -1.13. The number of anilines is 2. The van der Waals surface area contributed by atoms with Gasteiger partial charge in [0, 0.05) is 29.0 Å². The van der Waals surface area contributed by atoms with Gasteiger partial charge >= 0.3 is 0 Å². The van der Waals surface area contributed by atoms with Crippen LogP contribution in [-0.2, 0) is 0 Å². The van der Waals surface area contributed by atoms with E-state index in [0.717, 1.165) is 11.1 Å². The molecule has 0 spiro atoms. The Morgan fingerprint density at radius 1 is 0.867 bits per heavy atom. The van der Waals surface area contributed by atoms with Gasteiger partial charge in [0.05, 0.1) is 11.2 Å². The third-order valence-corrected chi connectivity index (χ3v) is 5.54. The van der Waals surface area contributed by atoms with E-state index in [0.29, 0.717) is 16.6 Å². The Kier molecular flexibility index (Phi) is 4.69. The number of thiophene rings is 1. The summed E-state index contributed by atoms with van der Waals surface area (Å²) in [6, 6.07) is 17.3. The number of nitrogens with one attached hydrogen (secondary N) is 1. The van der Waals surface area contributed by atoms with Crippen LogP contribution in [0.25, 0.3) is 33.3 Å². The van der Waals surface area contributed by atoms with Gasteiger partial charge < -0.3 is 5.32 Å². The highest BCUT2D eigenvalue weighted by Gasteiger charge is 2.19. The van der Waals surface area contributed by atoms with Gasteiger partial charge in [-0.15, -0.1) is 0 Å². The zero-order chi connectivity index (χ0) is 20.5. The van der Waals surface area contributed by atoms with E-state index in [1.165, 1.54) is 12.1 Å². The molecule has 0 saturated heterocycles. The van der Waals surface area contributed by atoms with Crippen molar-refractivity contribution >= 4 is 33.6 Å². The van der Waals surface area contributed by atoms with Crippen molar-refractivity contribution in [3.8, 4) is 22.4 Å². The largest absolute Gasteiger partial charge is 0.352 e. The SMILES string of the molecule is Fc1ccccc1-c1nc2ccc(-c3ccsc3)cc2c(Nc2ccncc2)c1F. The maximum atomic E-state index is 15.7. The molecule has 146 valence electrons. The van der Waals surface area contributed by atoms with Crippen LogP contribution in [0.1, 0.15) is 0 Å². The average Bonchev–Trinajstić information content (AvgIpc) is 3.31. The molecule has 0 aliphatic carbocycles. The van der Waals surface area contributed by atoms with Crippen LogP contribution in [0.2, 0.25) is 0 Å². The molecule has 0 amide bonds. The number of hydrogen-bond acceptors (Lipinski definition) is 4. The number of benzene rings is 2. The van der Waals surface area contributed by atoms with Gasteiger partial charge in [0.2, 0.25) is 0 Å². The third-order valence-electron chi connectivity index (χ3n) is 4.86. The Labute approximate surface area is 175 Å².